The molecule has 110 valence electrons. The summed E-state index contributed by atoms with van der Waals surface area (Å²) in [5.74, 6) is 0.245. The lowest BCUT2D eigenvalue weighted by atomic mass is 9.84. The zero-order valence-electron chi connectivity index (χ0n) is 12.1. The van der Waals surface area contributed by atoms with Crippen molar-refractivity contribution in [1.82, 2.24) is 10.2 Å². The average molecular weight is 267 g/mol. The Morgan fingerprint density at radius 1 is 1.11 bits per heavy atom. The second-order valence-electron chi connectivity index (χ2n) is 6.10. The maximum Gasteiger partial charge on any atom is 0.224 e. The van der Waals surface area contributed by atoms with Crippen LogP contribution >= 0.6 is 0 Å². The van der Waals surface area contributed by atoms with Crippen molar-refractivity contribution in [3.63, 3.8) is 0 Å². The van der Waals surface area contributed by atoms with E-state index in [0.717, 1.165) is 38.8 Å². The van der Waals surface area contributed by atoms with Crippen molar-refractivity contribution in [3.05, 3.63) is 0 Å². The Kier molecular flexibility index (Phi) is 6.11. The van der Waals surface area contributed by atoms with Gasteiger partial charge in [-0.05, 0) is 51.7 Å². The number of carbonyl (C=O) groups excluding carboxylic acids is 1. The third-order valence-electron chi connectivity index (χ3n) is 4.56. The van der Waals surface area contributed by atoms with Gasteiger partial charge in [-0.25, -0.2) is 0 Å². The van der Waals surface area contributed by atoms with Gasteiger partial charge in [-0.1, -0.05) is 19.3 Å². The van der Waals surface area contributed by atoms with Crippen LogP contribution in [0.1, 0.15) is 51.4 Å². The third-order valence-corrected chi connectivity index (χ3v) is 4.56. The van der Waals surface area contributed by atoms with Gasteiger partial charge in [0.1, 0.15) is 0 Å². The summed E-state index contributed by atoms with van der Waals surface area (Å²) in [6.07, 6.45) is 9.43. The molecule has 0 spiro atoms. The first kappa shape index (κ1) is 14.8. The molecule has 2 fully saturated rings. The van der Waals surface area contributed by atoms with Gasteiger partial charge in [0.2, 0.25) is 5.91 Å². The summed E-state index contributed by atoms with van der Waals surface area (Å²) in [6.45, 7) is 4.40. The Morgan fingerprint density at radius 2 is 1.84 bits per heavy atom. The highest BCUT2D eigenvalue weighted by Gasteiger charge is 2.27. The van der Waals surface area contributed by atoms with Gasteiger partial charge in [0, 0.05) is 12.6 Å². The van der Waals surface area contributed by atoms with Crippen LogP contribution in [0.25, 0.3) is 0 Å². The molecule has 0 aromatic carbocycles. The molecule has 1 saturated heterocycles. The number of likely N-dealkylation sites (tertiary alicyclic amines) is 1. The zero-order chi connectivity index (χ0) is 13.5. The maximum absolute atomic E-state index is 12.1. The van der Waals surface area contributed by atoms with Crippen LogP contribution in [-0.2, 0) is 4.79 Å². The predicted octanol–water partition coefficient (Wildman–Crippen LogP) is 1.50. The fraction of sp³-hybridized carbons (Fsp3) is 0.933. The molecule has 2 rings (SSSR count). The SMILES string of the molecule is NC1CCCCC1C(=O)NCCCN1CCCCC1. The van der Waals surface area contributed by atoms with Crippen LogP contribution in [0.2, 0.25) is 0 Å². The molecule has 1 amide bonds. The topological polar surface area (TPSA) is 58.4 Å². The summed E-state index contributed by atoms with van der Waals surface area (Å²) in [4.78, 5) is 14.6. The molecular formula is C15H29N3O. The number of hydrogen-bond acceptors (Lipinski definition) is 3. The first-order valence-electron chi connectivity index (χ1n) is 8.03. The smallest absolute Gasteiger partial charge is 0.224 e. The molecule has 1 heterocycles. The van der Waals surface area contributed by atoms with Crippen LogP contribution in [0, 0.1) is 5.92 Å². The molecule has 0 aromatic heterocycles. The minimum Gasteiger partial charge on any atom is -0.356 e. The molecule has 1 aliphatic heterocycles. The van der Waals surface area contributed by atoms with Crippen LogP contribution in [0.4, 0.5) is 0 Å². The van der Waals surface area contributed by atoms with E-state index in [0.29, 0.717) is 0 Å². The molecule has 19 heavy (non-hydrogen) atoms. The molecule has 4 nitrogen and oxygen atoms in total. The lowest BCUT2D eigenvalue weighted by Gasteiger charge is -2.28. The van der Waals surface area contributed by atoms with E-state index in [1.807, 2.05) is 0 Å². The van der Waals surface area contributed by atoms with Crippen LogP contribution in [0.5, 0.6) is 0 Å². The number of piperidine rings is 1. The normalized spacial score (nSPS) is 29.1. The van der Waals surface area contributed by atoms with Gasteiger partial charge < -0.3 is 16.0 Å². The Hall–Kier alpha value is -0.610. The van der Waals surface area contributed by atoms with Gasteiger partial charge in [0.25, 0.3) is 0 Å². The molecule has 1 aliphatic carbocycles. The number of nitrogens with zero attached hydrogens (tertiary/aromatic N) is 1. The molecule has 2 atom stereocenters. The van der Waals surface area contributed by atoms with Gasteiger partial charge in [-0.2, -0.15) is 0 Å². The van der Waals surface area contributed by atoms with Crippen LogP contribution in [-0.4, -0.2) is 43.0 Å². The van der Waals surface area contributed by atoms with Gasteiger partial charge in [0.05, 0.1) is 5.92 Å². The van der Waals surface area contributed by atoms with Crippen molar-refractivity contribution in [2.24, 2.45) is 11.7 Å². The van der Waals surface area contributed by atoms with E-state index in [9.17, 15) is 4.79 Å². The van der Waals surface area contributed by atoms with Gasteiger partial charge >= 0.3 is 0 Å². The molecule has 0 bridgehead atoms. The van der Waals surface area contributed by atoms with Gasteiger partial charge in [-0.3, -0.25) is 4.79 Å². The fourth-order valence-corrected chi connectivity index (χ4v) is 3.31. The monoisotopic (exact) mass is 267 g/mol. The molecule has 4 heteroatoms. The van der Waals surface area contributed by atoms with Crippen molar-refractivity contribution in [1.29, 1.82) is 0 Å². The molecule has 2 unspecified atom stereocenters. The summed E-state index contributed by atoms with van der Waals surface area (Å²) < 4.78 is 0. The van der Waals surface area contributed by atoms with E-state index in [4.69, 9.17) is 5.73 Å². The van der Waals surface area contributed by atoms with Crippen molar-refractivity contribution in [2.75, 3.05) is 26.2 Å². The summed E-state index contributed by atoms with van der Waals surface area (Å²) >= 11 is 0. The molecular weight excluding hydrogens is 238 g/mol. The molecule has 2 aliphatic rings. The highest BCUT2D eigenvalue weighted by atomic mass is 16.1. The second-order valence-corrected chi connectivity index (χ2v) is 6.10. The summed E-state index contributed by atoms with van der Waals surface area (Å²) in [6, 6.07) is 0.0795. The number of nitrogens with one attached hydrogen (secondary N) is 1. The molecule has 0 radical (unpaired) electrons. The summed E-state index contributed by atoms with van der Waals surface area (Å²) in [5, 5.41) is 3.08. The standard InChI is InChI=1S/C15H29N3O/c16-14-8-3-2-7-13(14)15(19)17-9-6-12-18-10-4-1-5-11-18/h13-14H,1-12,16H2,(H,17,19). The van der Waals surface area contributed by atoms with E-state index < -0.39 is 0 Å². The second kappa shape index (κ2) is 7.85. The molecule has 3 N–H and O–H groups in total. The largest absolute Gasteiger partial charge is 0.356 e. The minimum absolute atomic E-state index is 0.0590. The highest BCUT2D eigenvalue weighted by Crippen LogP contribution is 2.22. The number of nitrogens with two attached hydrogens (primary N) is 1. The van der Waals surface area contributed by atoms with E-state index >= 15 is 0 Å². The first-order chi connectivity index (χ1) is 9.27. The van der Waals surface area contributed by atoms with E-state index in [1.165, 1.54) is 38.8 Å². The maximum atomic E-state index is 12.1. The average Bonchev–Trinajstić information content (AvgIpc) is 2.45. The van der Waals surface area contributed by atoms with Crippen molar-refractivity contribution < 1.29 is 4.79 Å². The third kappa shape index (κ3) is 4.77. The lowest BCUT2D eigenvalue weighted by molar-refractivity contribution is -0.126. The van der Waals surface area contributed by atoms with Gasteiger partial charge in [0.15, 0.2) is 0 Å². The van der Waals surface area contributed by atoms with Crippen molar-refractivity contribution >= 4 is 5.91 Å². The number of amides is 1. The van der Waals surface area contributed by atoms with Crippen LogP contribution < -0.4 is 11.1 Å². The van der Waals surface area contributed by atoms with Gasteiger partial charge in [-0.15, -0.1) is 0 Å². The number of hydrogen-bond donors (Lipinski definition) is 2. The highest BCUT2D eigenvalue weighted by molar-refractivity contribution is 5.79. The van der Waals surface area contributed by atoms with Crippen LogP contribution in [0.15, 0.2) is 0 Å². The van der Waals surface area contributed by atoms with Crippen molar-refractivity contribution in [2.45, 2.75) is 57.4 Å². The Labute approximate surface area is 117 Å². The van der Waals surface area contributed by atoms with E-state index in [1.54, 1.807) is 0 Å². The first-order valence-corrected chi connectivity index (χ1v) is 8.03. The molecule has 0 aromatic rings. The number of carbonyl (C=O) groups is 1. The Balaban J connectivity index is 1.58. The Morgan fingerprint density at radius 3 is 2.58 bits per heavy atom. The molecule has 1 saturated carbocycles. The van der Waals surface area contributed by atoms with E-state index in [-0.39, 0.29) is 17.9 Å². The minimum atomic E-state index is 0.0590. The van der Waals surface area contributed by atoms with E-state index in [2.05, 4.69) is 10.2 Å². The summed E-state index contributed by atoms with van der Waals surface area (Å²) in [7, 11) is 0. The quantitative estimate of drug-likeness (QED) is 0.742. The Bertz CT molecular complexity index is 277. The van der Waals surface area contributed by atoms with Crippen molar-refractivity contribution in [3.8, 4) is 0 Å². The fourth-order valence-electron chi connectivity index (χ4n) is 3.31. The zero-order valence-corrected chi connectivity index (χ0v) is 12.1. The number of rotatable bonds is 5. The van der Waals surface area contributed by atoms with Crippen LogP contribution in [0.3, 0.4) is 0 Å². The summed E-state index contributed by atoms with van der Waals surface area (Å²) in [5.41, 5.74) is 6.03. The lowest BCUT2D eigenvalue weighted by Crippen LogP contribution is -2.44. The predicted molar refractivity (Wildman–Crippen MR) is 77.9 cm³/mol.